The summed E-state index contributed by atoms with van der Waals surface area (Å²) in [6.07, 6.45) is 0. The standard InChI is InChI=1S/C15H24N2O2S/c1-6-17(11-13(2)3)12-14-8-7-9-15(10-14)20(18,19)16(4)5/h7-10H,2,6,11-12H2,1,3-5H3. The van der Waals surface area contributed by atoms with Crippen LogP contribution in [0.25, 0.3) is 0 Å². The van der Waals surface area contributed by atoms with E-state index in [9.17, 15) is 8.42 Å². The van der Waals surface area contributed by atoms with Crippen molar-refractivity contribution < 1.29 is 8.42 Å². The molecule has 0 fully saturated rings. The van der Waals surface area contributed by atoms with Gasteiger partial charge in [0, 0.05) is 27.2 Å². The Kier molecular flexibility index (Phi) is 5.92. The minimum atomic E-state index is -3.37. The molecule has 0 spiro atoms. The van der Waals surface area contributed by atoms with Gasteiger partial charge in [-0.15, -0.1) is 0 Å². The number of likely N-dealkylation sites (N-methyl/N-ethyl adjacent to an activating group) is 1. The normalized spacial score (nSPS) is 12.1. The minimum absolute atomic E-state index is 0.339. The highest BCUT2D eigenvalue weighted by Crippen LogP contribution is 2.16. The van der Waals surface area contributed by atoms with E-state index in [0.29, 0.717) is 4.90 Å². The lowest BCUT2D eigenvalue weighted by Crippen LogP contribution is -2.25. The molecule has 0 bridgehead atoms. The van der Waals surface area contributed by atoms with E-state index in [1.54, 1.807) is 32.3 Å². The van der Waals surface area contributed by atoms with Gasteiger partial charge in [0.2, 0.25) is 10.0 Å². The summed E-state index contributed by atoms with van der Waals surface area (Å²) in [6.45, 7) is 10.4. The quantitative estimate of drug-likeness (QED) is 0.725. The number of nitrogens with zero attached hydrogens (tertiary/aromatic N) is 2. The van der Waals surface area contributed by atoms with E-state index >= 15 is 0 Å². The summed E-state index contributed by atoms with van der Waals surface area (Å²) in [6, 6.07) is 7.13. The second kappa shape index (κ2) is 7.02. The van der Waals surface area contributed by atoms with Gasteiger partial charge in [-0.3, -0.25) is 4.90 Å². The fourth-order valence-corrected chi connectivity index (χ4v) is 2.91. The summed E-state index contributed by atoms with van der Waals surface area (Å²) >= 11 is 0. The summed E-state index contributed by atoms with van der Waals surface area (Å²) in [7, 11) is -0.282. The molecule has 1 aromatic carbocycles. The summed E-state index contributed by atoms with van der Waals surface area (Å²) in [5.74, 6) is 0. The van der Waals surface area contributed by atoms with Gasteiger partial charge >= 0.3 is 0 Å². The van der Waals surface area contributed by atoms with Gasteiger partial charge in [0.25, 0.3) is 0 Å². The van der Waals surface area contributed by atoms with E-state index in [1.807, 2.05) is 13.0 Å². The Bertz CT molecular complexity index is 565. The molecule has 1 rings (SSSR count). The first-order valence-corrected chi connectivity index (χ1v) is 8.09. The number of hydrogen-bond donors (Lipinski definition) is 0. The van der Waals surface area contributed by atoms with Gasteiger partial charge in [-0.25, -0.2) is 12.7 Å². The third-order valence-corrected chi connectivity index (χ3v) is 4.84. The Hall–Kier alpha value is -1.17. The van der Waals surface area contributed by atoms with Crippen molar-refractivity contribution in [2.45, 2.75) is 25.3 Å². The van der Waals surface area contributed by atoms with Gasteiger partial charge in [-0.1, -0.05) is 31.2 Å². The zero-order valence-corrected chi connectivity index (χ0v) is 13.6. The van der Waals surface area contributed by atoms with Crippen LogP contribution in [0.15, 0.2) is 41.3 Å². The molecule has 5 heteroatoms. The van der Waals surface area contributed by atoms with Crippen molar-refractivity contribution >= 4 is 10.0 Å². The van der Waals surface area contributed by atoms with Crippen molar-refractivity contribution in [3.8, 4) is 0 Å². The molecular weight excluding hydrogens is 272 g/mol. The first kappa shape index (κ1) is 16.9. The fourth-order valence-electron chi connectivity index (χ4n) is 1.93. The highest BCUT2D eigenvalue weighted by molar-refractivity contribution is 7.89. The average molecular weight is 296 g/mol. The lowest BCUT2D eigenvalue weighted by molar-refractivity contribution is 0.304. The molecule has 0 heterocycles. The van der Waals surface area contributed by atoms with E-state index < -0.39 is 10.0 Å². The van der Waals surface area contributed by atoms with Crippen molar-refractivity contribution in [2.75, 3.05) is 27.2 Å². The highest BCUT2D eigenvalue weighted by Gasteiger charge is 2.17. The topological polar surface area (TPSA) is 40.6 Å². The first-order chi connectivity index (χ1) is 9.27. The van der Waals surface area contributed by atoms with E-state index in [2.05, 4.69) is 18.4 Å². The summed E-state index contributed by atoms with van der Waals surface area (Å²) in [5.41, 5.74) is 2.10. The number of rotatable bonds is 7. The zero-order valence-electron chi connectivity index (χ0n) is 12.8. The fraction of sp³-hybridized carbons (Fsp3) is 0.467. The van der Waals surface area contributed by atoms with Gasteiger partial charge in [0.1, 0.15) is 0 Å². The van der Waals surface area contributed by atoms with Gasteiger partial charge in [-0.05, 0) is 31.2 Å². The third-order valence-electron chi connectivity index (χ3n) is 3.02. The van der Waals surface area contributed by atoms with E-state index in [1.165, 1.54) is 4.31 Å². The van der Waals surface area contributed by atoms with Crippen LogP contribution >= 0.6 is 0 Å². The second-order valence-corrected chi connectivity index (χ2v) is 7.35. The molecule has 20 heavy (non-hydrogen) atoms. The van der Waals surface area contributed by atoms with Crippen LogP contribution in [0.5, 0.6) is 0 Å². The van der Waals surface area contributed by atoms with Crippen molar-refractivity contribution in [3.63, 3.8) is 0 Å². The predicted molar refractivity (Wildman–Crippen MR) is 83.1 cm³/mol. The van der Waals surface area contributed by atoms with Gasteiger partial charge < -0.3 is 0 Å². The van der Waals surface area contributed by atoms with E-state index in [0.717, 1.165) is 30.8 Å². The van der Waals surface area contributed by atoms with E-state index in [4.69, 9.17) is 0 Å². The Balaban J connectivity index is 2.96. The molecule has 0 radical (unpaired) electrons. The van der Waals surface area contributed by atoms with Crippen LogP contribution < -0.4 is 0 Å². The molecule has 0 aromatic heterocycles. The number of hydrogen-bond acceptors (Lipinski definition) is 3. The molecule has 0 atom stereocenters. The molecule has 0 aliphatic heterocycles. The van der Waals surface area contributed by atoms with Crippen LogP contribution in [0.2, 0.25) is 0 Å². The maximum absolute atomic E-state index is 12.1. The van der Waals surface area contributed by atoms with Crippen molar-refractivity contribution in [1.82, 2.24) is 9.21 Å². The van der Waals surface area contributed by atoms with Crippen LogP contribution in [0.1, 0.15) is 19.4 Å². The molecule has 0 aliphatic rings. The largest absolute Gasteiger partial charge is 0.295 e. The predicted octanol–water partition coefficient (Wildman–Crippen LogP) is 2.33. The Morgan fingerprint density at radius 3 is 2.45 bits per heavy atom. The van der Waals surface area contributed by atoms with Crippen LogP contribution in [-0.2, 0) is 16.6 Å². The molecule has 0 amide bonds. The summed E-state index contributed by atoms with van der Waals surface area (Å²) in [5, 5.41) is 0. The molecule has 0 aliphatic carbocycles. The first-order valence-electron chi connectivity index (χ1n) is 6.65. The van der Waals surface area contributed by atoms with Crippen LogP contribution in [-0.4, -0.2) is 44.8 Å². The lowest BCUT2D eigenvalue weighted by atomic mass is 10.2. The molecule has 1 aromatic rings. The smallest absolute Gasteiger partial charge is 0.242 e. The molecule has 0 saturated heterocycles. The molecule has 112 valence electrons. The van der Waals surface area contributed by atoms with Gasteiger partial charge in [0.05, 0.1) is 4.90 Å². The van der Waals surface area contributed by atoms with Crippen LogP contribution in [0.4, 0.5) is 0 Å². The molecule has 4 nitrogen and oxygen atoms in total. The van der Waals surface area contributed by atoms with Crippen LogP contribution in [0, 0.1) is 0 Å². The van der Waals surface area contributed by atoms with Crippen molar-refractivity contribution in [1.29, 1.82) is 0 Å². The third kappa shape index (κ3) is 4.44. The molecule has 0 saturated carbocycles. The Labute approximate surface area is 122 Å². The average Bonchev–Trinajstić information content (AvgIpc) is 2.37. The zero-order chi connectivity index (χ0) is 15.3. The number of benzene rings is 1. The second-order valence-electron chi connectivity index (χ2n) is 5.20. The van der Waals surface area contributed by atoms with Gasteiger partial charge in [-0.2, -0.15) is 0 Å². The van der Waals surface area contributed by atoms with Crippen molar-refractivity contribution in [2.24, 2.45) is 0 Å². The van der Waals surface area contributed by atoms with Crippen LogP contribution in [0.3, 0.4) is 0 Å². The highest BCUT2D eigenvalue weighted by atomic mass is 32.2. The lowest BCUT2D eigenvalue weighted by Gasteiger charge is -2.21. The van der Waals surface area contributed by atoms with E-state index in [-0.39, 0.29) is 0 Å². The monoisotopic (exact) mass is 296 g/mol. The molecular formula is C15H24N2O2S. The summed E-state index contributed by atoms with van der Waals surface area (Å²) < 4.78 is 25.5. The minimum Gasteiger partial charge on any atom is -0.295 e. The summed E-state index contributed by atoms with van der Waals surface area (Å²) in [4.78, 5) is 2.57. The maximum atomic E-state index is 12.1. The Morgan fingerprint density at radius 1 is 1.30 bits per heavy atom. The Morgan fingerprint density at radius 2 is 1.95 bits per heavy atom. The molecule has 0 unspecified atom stereocenters. The SMILES string of the molecule is C=C(C)CN(CC)Cc1cccc(S(=O)(=O)N(C)C)c1. The van der Waals surface area contributed by atoms with Gasteiger partial charge in [0.15, 0.2) is 0 Å². The maximum Gasteiger partial charge on any atom is 0.242 e. The van der Waals surface area contributed by atoms with Crippen molar-refractivity contribution in [3.05, 3.63) is 42.0 Å². The number of sulfonamides is 1. The molecule has 0 N–H and O–H groups in total.